The van der Waals surface area contributed by atoms with Crippen molar-refractivity contribution >= 4 is 15.9 Å². The zero-order chi connectivity index (χ0) is 14.5. The van der Waals surface area contributed by atoms with E-state index < -0.39 is 11.6 Å². The maximum absolute atomic E-state index is 13.7. The zero-order valence-corrected chi connectivity index (χ0v) is 12.6. The number of rotatable bonds is 5. The van der Waals surface area contributed by atoms with Crippen LogP contribution in [0, 0.1) is 11.6 Å². The number of aromatic nitrogens is 1. The first-order chi connectivity index (χ1) is 9.60. The van der Waals surface area contributed by atoms with Crippen molar-refractivity contribution in [2.75, 3.05) is 7.05 Å². The number of hydrogen-bond acceptors (Lipinski definition) is 2. The summed E-state index contributed by atoms with van der Waals surface area (Å²) in [6, 6.07) is 6.26. The molecule has 5 heteroatoms. The molecule has 1 aromatic heterocycles. The summed E-state index contributed by atoms with van der Waals surface area (Å²) in [5.41, 5.74) is 1.42. The minimum absolute atomic E-state index is 0.0161. The van der Waals surface area contributed by atoms with Crippen molar-refractivity contribution in [2.24, 2.45) is 0 Å². The van der Waals surface area contributed by atoms with Crippen molar-refractivity contribution in [3.63, 3.8) is 0 Å². The van der Waals surface area contributed by atoms with E-state index in [4.69, 9.17) is 0 Å². The minimum atomic E-state index is -0.804. The summed E-state index contributed by atoms with van der Waals surface area (Å²) < 4.78 is 27.8. The maximum Gasteiger partial charge on any atom is 0.162 e. The molecule has 1 heterocycles. The molecule has 0 aliphatic carbocycles. The SMILES string of the molecule is CNC(Cc1cncc(Br)c1)Cc1cccc(F)c1F. The second kappa shape index (κ2) is 6.90. The predicted octanol–water partition coefficient (Wildman–Crippen LogP) is 3.50. The molecule has 0 bridgehead atoms. The molecule has 2 nitrogen and oxygen atoms in total. The summed E-state index contributed by atoms with van der Waals surface area (Å²) in [4.78, 5) is 4.10. The van der Waals surface area contributed by atoms with Gasteiger partial charge in [-0.05, 0) is 59.1 Å². The van der Waals surface area contributed by atoms with Gasteiger partial charge in [-0.1, -0.05) is 12.1 Å². The highest BCUT2D eigenvalue weighted by atomic mass is 79.9. The van der Waals surface area contributed by atoms with Crippen LogP contribution in [0.2, 0.25) is 0 Å². The van der Waals surface area contributed by atoms with Crippen LogP contribution in [0.3, 0.4) is 0 Å². The lowest BCUT2D eigenvalue weighted by Crippen LogP contribution is -2.30. The molecule has 20 heavy (non-hydrogen) atoms. The van der Waals surface area contributed by atoms with Crippen molar-refractivity contribution in [1.29, 1.82) is 0 Å². The molecule has 1 N–H and O–H groups in total. The fourth-order valence-corrected chi connectivity index (χ4v) is 2.51. The Labute approximate surface area is 125 Å². The number of likely N-dealkylation sites (N-methyl/N-ethyl adjacent to an activating group) is 1. The number of pyridine rings is 1. The minimum Gasteiger partial charge on any atom is -0.316 e. The number of nitrogens with one attached hydrogen (secondary N) is 1. The van der Waals surface area contributed by atoms with Crippen LogP contribution in [-0.2, 0) is 12.8 Å². The highest BCUT2D eigenvalue weighted by Gasteiger charge is 2.14. The largest absolute Gasteiger partial charge is 0.316 e. The Bertz CT molecular complexity index is 590. The molecule has 0 saturated carbocycles. The molecule has 2 rings (SSSR count). The smallest absolute Gasteiger partial charge is 0.162 e. The van der Waals surface area contributed by atoms with Gasteiger partial charge in [0.1, 0.15) is 0 Å². The first kappa shape index (κ1) is 15.1. The number of halogens is 3. The zero-order valence-electron chi connectivity index (χ0n) is 11.0. The van der Waals surface area contributed by atoms with E-state index in [1.807, 2.05) is 13.1 Å². The van der Waals surface area contributed by atoms with E-state index in [1.165, 1.54) is 6.07 Å². The lowest BCUT2D eigenvalue weighted by molar-refractivity contribution is 0.482. The highest BCUT2D eigenvalue weighted by Crippen LogP contribution is 2.16. The van der Waals surface area contributed by atoms with Gasteiger partial charge in [0.15, 0.2) is 11.6 Å². The van der Waals surface area contributed by atoms with E-state index in [1.54, 1.807) is 18.5 Å². The molecule has 1 atom stereocenters. The van der Waals surface area contributed by atoms with Crippen LogP contribution in [0.4, 0.5) is 8.78 Å². The molecule has 0 aliphatic rings. The van der Waals surface area contributed by atoms with Crippen molar-refractivity contribution in [3.8, 4) is 0 Å². The van der Waals surface area contributed by atoms with Crippen LogP contribution in [0.1, 0.15) is 11.1 Å². The van der Waals surface area contributed by atoms with Crippen LogP contribution in [0.15, 0.2) is 41.1 Å². The van der Waals surface area contributed by atoms with E-state index in [0.29, 0.717) is 18.4 Å². The molecular weight excluding hydrogens is 326 g/mol. The fourth-order valence-electron chi connectivity index (χ4n) is 2.10. The van der Waals surface area contributed by atoms with Crippen LogP contribution in [0.25, 0.3) is 0 Å². The fraction of sp³-hybridized carbons (Fsp3) is 0.267. The summed E-state index contributed by atoms with van der Waals surface area (Å²) >= 11 is 3.37. The summed E-state index contributed by atoms with van der Waals surface area (Å²) in [7, 11) is 1.81. The van der Waals surface area contributed by atoms with Crippen LogP contribution in [-0.4, -0.2) is 18.1 Å². The third-order valence-electron chi connectivity index (χ3n) is 3.15. The third kappa shape index (κ3) is 3.84. The Balaban J connectivity index is 2.11. The Hall–Kier alpha value is -1.33. The van der Waals surface area contributed by atoms with Gasteiger partial charge in [-0.3, -0.25) is 4.98 Å². The molecule has 0 spiro atoms. The third-order valence-corrected chi connectivity index (χ3v) is 3.58. The Morgan fingerprint density at radius 3 is 2.75 bits per heavy atom. The highest BCUT2D eigenvalue weighted by molar-refractivity contribution is 9.10. The average molecular weight is 341 g/mol. The van der Waals surface area contributed by atoms with Gasteiger partial charge in [-0.2, -0.15) is 0 Å². The normalized spacial score (nSPS) is 12.4. The Morgan fingerprint density at radius 2 is 2.05 bits per heavy atom. The van der Waals surface area contributed by atoms with Crippen LogP contribution < -0.4 is 5.32 Å². The second-order valence-electron chi connectivity index (χ2n) is 4.62. The molecule has 0 aliphatic heterocycles. The van der Waals surface area contributed by atoms with E-state index in [2.05, 4.69) is 26.2 Å². The predicted molar refractivity (Wildman–Crippen MR) is 78.6 cm³/mol. The molecule has 2 aromatic rings. The van der Waals surface area contributed by atoms with Crippen LogP contribution >= 0.6 is 15.9 Å². The van der Waals surface area contributed by atoms with E-state index in [9.17, 15) is 8.78 Å². The molecule has 106 valence electrons. The van der Waals surface area contributed by atoms with Gasteiger partial charge in [0.2, 0.25) is 0 Å². The molecule has 0 fully saturated rings. The van der Waals surface area contributed by atoms with E-state index >= 15 is 0 Å². The standard InChI is InChI=1S/C15H15BrF2N2/c1-19-13(6-10-5-12(16)9-20-8-10)7-11-3-2-4-14(17)15(11)18/h2-5,8-9,13,19H,6-7H2,1H3. The van der Waals surface area contributed by atoms with Gasteiger partial charge < -0.3 is 5.32 Å². The first-order valence-corrected chi connectivity index (χ1v) is 7.09. The lowest BCUT2D eigenvalue weighted by atomic mass is 9.99. The van der Waals surface area contributed by atoms with Gasteiger partial charge >= 0.3 is 0 Å². The van der Waals surface area contributed by atoms with Gasteiger partial charge in [-0.15, -0.1) is 0 Å². The number of benzene rings is 1. The molecule has 1 unspecified atom stereocenters. The first-order valence-electron chi connectivity index (χ1n) is 6.29. The lowest BCUT2D eigenvalue weighted by Gasteiger charge is -2.17. The van der Waals surface area contributed by atoms with Crippen molar-refractivity contribution in [1.82, 2.24) is 10.3 Å². The van der Waals surface area contributed by atoms with Gasteiger partial charge in [0, 0.05) is 22.9 Å². The molecule has 0 saturated heterocycles. The van der Waals surface area contributed by atoms with Crippen LogP contribution in [0.5, 0.6) is 0 Å². The molecular formula is C15H15BrF2N2. The Kier molecular flexibility index (Phi) is 5.20. The van der Waals surface area contributed by atoms with Crippen molar-refractivity contribution in [2.45, 2.75) is 18.9 Å². The monoisotopic (exact) mass is 340 g/mol. The van der Waals surface area contributed by atoms with E-state index in [0.717, 1.165) is 16.1 Å². The molecule has 1 aromatic carbocycles. The van der Waals surface area contributed by atoms with Gasteiger partial charge in [-0.25, -0.2) is 8.78 Å². The Morgan fingerprint density at radius 1 is 1.25 bits per heavy atom. The summed E-state index contributed by atoms with van der Waals surface area (Å²) in [6.45, 7) is 0. The van der Waals surface area contributed by atoms with Gasteiger partial charge in [0.25, 0.3) is 0 Å². The summed E-state index contributed by atoms with van der Waals surface area (Å²) in [5, 5.41) is 3.13. The maximum atomic E-state index is 13.7. The molecule has 0 amide bonds. The number of hydrogen-bond donors (Lipinski definition) is 1. The quantitative estimate of drug-likeness (QED) is 0.901. The van der Waals surface area contributed by atoms with Gasteiger partial charge in [0.05, 0.1) is 0 Å². The number of nitrogens with zero attached hydrogens (tertiary/aromatic N) is 1. The summed E-state index contributed by atoms with van der Waals surface area (Å²) in [5.74, 6) is -1.57. The summed E-state index contributed by atoms with van der Waals surface area (Å²) in [6.07, 6.45) is 4.60. The second-order valence-corrected chi connectivity index (χ2v) is 5.53. The topological polar surface area (TPSA) is 24.9 Å². The molecule has 0 radical (unpaired) electrons. The van der Waals surface area contributed by atoms with Crippen molar-refractivity contribution in [3.05, 3.63) is 63.9 Å². The van der Waals surface area contributed by atoms with Crippen molar-refractivity contribution < 1.29 is 8.78 Å². The van der Waals surface area contributed by atoms with E-state index in [-0.39, 0.29) is 6.04 Å². The average Bonchev–Trinajstić information content (AvgIpc) is 2.43.